The van der Waals surface area contributed by atoms with Crippen LogP contribution in [0.3, 0.4) is 0 Å². The van der Waals surface area contributed by atoms with Crippen LogP contribution in [0.25, 0.3) is 0 Å². The number of hydrogen-bond donors (Lipinski definition) is 2. The first-order valence-electron chi connectivity index (χ1n) is 6.06. The summed E-state index contributed by atoms with van der Waals surface area (Å²) in [5, 5.41) is 2.72. The molecule has 0 atom stereocenters. The highest BCUT2D eigenvalue weighted by molar-refractivity contribution is 5.96. The van der Waals surface area contributed by atoms with E-state index in [4.69, 9.17) is 10.5 Å². The van der Waals surface area contributed by atoms with Crippen LogP contribution < -0.4 is 16.0 Å². The van der Waals surface area contributed by atoms with Gasteiger partial charge in [-0.2, -0.15) is 0 Å². The summed E-state index contributed by atoms with van der Waals surface area (Å²) < 4.78 is 4.98. The first-order chi connectivity index (χ1) is 9.11. The lowest BCUT2D eigenvalue weighted by Gasteiger charge is -2.28. The topological polar surface area (TPSA) is 97.6 Å². The molecule has 0 saturated carbocycles. The van der Waals surface area contributed by atoms with Crippen LogP contribution in [0.5, 0.6) is 0 Å². The number of nitrogens with one attached hydrogen (secondary N) is 1. The minimum absolute atomic E-state index is 0.0975. The molecule has 2 rings (SSSR count). The molecule has 1 aliphatic heterocycles. The van der Waals surface area contributed by atoms with E-state index in [0.29, 0.717) is 24.6 Å². The van der Waals surface area contributed by atoms with Crippen molar-refractivity contribution in [2.24, 2.45) is 0 Å². The van der Waals surface area contributed by atoms with Crippen molar-refractivity contribution in [3.63, 3.8) is 0 Å². The summed E-state index contributed by atoms with van der Waals surface area (Å²) in [7, 11) is 0. The Bertz CT molecular complexity index is 504. The average Bonchev–Trinajstić information content (AvgIpc) is 2.39. The molecule has 1 amide bonds. The molecular formula is C12H16N4O3. The molecule has 3 N–H and O–H groups in total. The molecular weight excluding hydrogens is 248 g/mol. The second-order valence-electron chi connectivity index (χ2n) is 4.13. The molecule has 1 aromatic rings. The van der Waals surface area contributed by atoms with Crippen molar-refractivity contribution in [3.05, 3.63) is 17.8 Å². The third kappa shape index (κ3) is 2.93. The predicted molar refractivity (Wildman–Crippen MR) is 69.8 cm³/mol. The Morgan fingerprint density at radius 2 is 2.42 bits per heavy atom. The molecule has 7 nitrogen and oxygen atoms in total. The van der Waals surface area contributed by atoms with Crippen LogP contribution in [-0.2, 0) is 9.53 Å². The SMILES string of the molecule is CCOC(=O)c1cc(N)cnc1N1CCNC(=O)C1. The van der Waals surface area contributed by atoms with E-state index in [-0.39, 0.29) is 24.6 Å². The van der Waals surface area contributed by atoms with E-state index >= 15 is 0 Å². The summed E-state index contributed by atoms with van der Waals surface area (Å²) in [4.78, 5) is 29.2. The number of aromatic nitrogens is 1. The van der Waals surface area contributed by atoms with Gasteiger partial charge in [-0.25, -0.2) is 9.78 Å². The normalized spacial score (nSPS) is 15.0. The Balaban J connectivity index is 2.33. The van der Waals surface area contributed by atoms with Crippen molar-refractivity contribution in [2.75, 3.05) is 36.9 Å². The molecule has 0 unspecified atom stereocenters. The molecule has 7 heteroatoms. The van der Waals surface area contributed by atoms with Gasteiger partial charge >= 0.3 is 5.97 Å². The second-order valence-corrected chi connectivity index (χ2v) is 4.13. The number of carbonyl (C=O) groups excluding carboxylic acids is 2. The Morgan fingerprint density at radius 1 is 1.63 bits per heavy atom. The van der Waals surface area contributed by atoms with E-state index in [9.17, 15) is 9.59 Å². The Labute approximate surface area is 110 Å². The highest BCUT2D eigenvalue weighted by Crippen LogP contribution is 2.21. The zero-order valence-electron chi connectivity index (χ0n) is 10.7. The highest BCUT2D eigenvalue weighted by Gasteiger charge is 2.23. The molecule has 0 aromatic carbocycles. The van der Waals surface area contributed by atoms with Gasteiger partial charge in [0, 0.05) is 13.1 Å². The minimum Gasteiger partial charge on any atom is -0.462 e. The second kappa shape index (κ2) is 5.55. The molecule has 0 aliphatic carbocycles. The lowest BCUT2D eigenvalue weighted by molar-refractivity contribution is -0.120. The minimum atomic E-state index is -0.483. The van der Waals surface area contributed by atoms with Crippen molar-refractivity contribution in [1.29, 1.82) is 0 Å². The number of nitrogens with two attached hydrogens (primary N) is 1. The monoisotopic (exact) mass is 264 g/mol. The number of hydrogen-bond acceptors (Lipinski definition) is 6. The molecule has 1 saturated heterocycles. The van der Waals surface area contributed by atoms with Crippen LogP contribution in [-0.4, -0.2) is 43.1 Å². The zero-order valence-corrected chi connectivity index (χ0v) is 10.7. The third-order valence-electron chi connectivity index (χ3n) is 2.72. The van der Waals surface area contributed by atoms with Gasteiger partial charge in [-0.05, 0) is 13.0 Å². The van der Waals surface area contributed by atoms with Crippen LogP contribution in [0.1, 0.15) is 17.3 Å². The summed E-state index contributed by atoms with van der Waals surface area (Å²) in [6.45, 7) is 3.28. The summed E-state index contributed by atoms with van der Waals surface area (Å²) >= 11 is 0. The van der Waals surface area contributed by atoms with Crippen molar-refractivity contribution in [3.8, 4) is 0 Å². The Kier molecular flexibility index (Phi) is 3.84. The number of nitrogens with zero attached hydrogens (tertiary/aromatic N) is 2. The van der Waals surface area contributed by atoms with E-state index in [1.54, 1.807) is 11.8 Å². The summed E-state index contributed by atoms with van der Waals surface area (Å²) in [5.74, 6) is -0.148. The zero-order chi connectivity index (χ0) is 13.8. The van der Waals surface area contributed by atoms with Crippen molar-refractivity contribution in [2.45, 2.75) is 6.92 Å². The number of ether oxygens (including phenoxy) is 1. The van der Waals surface area contributed by atoms with E-state index in [1.165, 1.54) is 12.3 Å². The number of nitrogen functional groups attached to an aromatic ring is 1. The van der Waals surface area contributed by atoms with Crippen LogP contribution in [0.2, 0.25) is 0 Å². The molecule has 0 spiro atoms. The Hall–Kier alpha value is -2.31. The fraction of sp³-hybridized carbons (Fsp3) is 0.417. The standard InChI is InChI=1S/C12H16N4O3/c1-2-19-12(18)9-5-8(13)6-15-11(9)16-4-3-14-10(17)7-16/h5-6H,2-4,7,13H2,1H3,(H,14,17). The summed E-state index contributed by atoms with van der Waals surface area (Å²) in [6.07, 6.45) is 1.46. The van der Waals surface area contributed by atoms with Crippen molar-refractivity contribution < 1.29 is 14.3 Å². The third-order valence-corrected chi connectivity index (χ3v) is 2.72. The maximum absolute atomic E-state index is 11.9. The van der Waals surface area contributed by atoms with Gasteiger partial charge in [-0.15, -0.1) is 0 Å². The number of piperazine rings is 1. The van der Waals surface area contributed by atoms with E-state index < -0.39 is 5.97 Å². The van der Waals surface area contributed by atoms with Gasteiger partial charge in [0.25, 0.3) is 0 Å². The first kappa shape index (κ1) is 13.1. The number of esters is 1. The molecule has 0 bridgehead atoms. The van der Waals surface area contributed by atoms with Gasteiger partial charge in [-0.1, -0.05) is 0 Å². The number of pyridine rings is 1. The summed E-state index contributed by atoms with van der Waals surface area (Å²) in [6, 6.07) is 1.52. The summed E-state index contributed by atoms with van der Waals surface area (Å²) in [5.41, 5.74) is 6.32. The molecule has 1 fully saturated rings. The van der Waals surface area contributed by atoms with E-state index in [1.807, 2.05) is 0 Å². The number of rotatable bonds is 3. The lowest BCUT2D eigenvalue weighted by atomic mass is 10.2. The molecule has 102 valence electrons. The van der Waals surface area contributed by atoms with Crippen LogP contribution in [0.4, 0.5) is 11.5 Å². The molecule has 2 heterocycles. The highest BCUT2D eigenvalue weighted by atomic mass is 16.5. The van der Waals surface area contributed by atoms with Gasteiger partial charge in [0.15, 0.2) is 0 Å². The molecule has 1 aromatic heterocycles. The first-order valence-corrected chi connectivity index (χ1v) is 6.06. The maximum Gasteiger partial charge on any atom is 0.341 e. The van der Waals surface area contributed by atoms with E-state index in [0.717, 1.165) is 0 Å². The number of anilines is 2. The number of amides is 1. The fourth-order valence-electron chi connectivity index (χ4n) is 1.90. The number of carbonyl (C=O) groups is 2. The van der Waals surface area contributed by atoms with E-state index in [2.05, 4.69) is 10.3 Å². The van der Waals surface area contributed by atoms with Crippen LogP contribution >= 0.6 is 0 Å². The van der Waals surface area contributed by atoms with Gasteiger partial charge in [-0.3, -0.25) is 4.79 Å². The predicted octanol–water partition coefficient (Wildman–Crippen LogP) is -0.223. The van der Waals surface area contributed by atoms with Crippen LogP contribution in [0.15, 0.2) is 12.3 Å². The molecule has 19 heavy (non-hydrogen) atoms. The lowest BCUT2D eigenvalue weighted by Crippen LogP contribution is -2.48. The molecule has 0 radical (unpaired) electrons. The average molecular weight is 264 g/mol. The Morgan fingerprint density at radius 3 is 3.11 bits per heavy atom. The van der Waals surface area contributed by atoms with Gasteiger partial charge in [0.05, 0.1) is 25.0 Å². The van der Waals surface area contributed by atoms with Gasteiger partial charge in [0.2, 0.25) is 5.91 Å². The largest absolute Gasteiger partial charge is 0.462 e. The van der Waals surface area contributed by atoms with Crippen molar-refractivity contribution >= 4 is 23.4 Å². The maximum atomic E-state index is 11.9. The quantitative estimate of drug-likeness (QED) is 0.732. The fourth-order valence-corrected chi connectivity index (χ4v) is 1.90. The van der Waals surface area contributed by atoms with Gasteiger partial charge < -0.3 is 20.7 Å². The smallest absolute Gasteiger partial charge is 0.341 e. The van der Waals surface area contributed by atoms with Crippen molar-refractivity contribution in [1.82, 2.24) is 10.3 Å². The molecule has 1 aliphatic rings. The van der Waals surface area contributed by atoms with Gasteiger partial charge in [0.1, 0.15) is 11.4 Å². The van der Waals surface area contributed by atoms with Crippen LogP contribution in [0, 0.1) is 0 Å².